The summed E-state index contributed by atoms with van der Waals surface area (Å²) >= 11 is 0. The van der Waals surface area contributed by atoms with Crippen molar-refractivity contribution >= 4 is 5.91 Å². The highest BCUT2D eigenvalue weighted by Gasteiger charge is 2.11. The minimum atomic E-state index is -0.0669. The van der Waals surface area contributed by atoms with E-state index in [2.05, 4.69) is 27.6 Å². The third-order valence-corrected chi connectivity index (χ3v) is 4.93. The van der Waals surface area contributed by atoms with Crippen molar-refractivity contribution in [1.82, 2.24) is 15.5 Å². The summed E-state index contributed by atoms with van der Waals surface area (Å²) in [6, 6.07) is 25.8. The van der Waals surface area contributed by atoms with Crippen molar-refractivity contribution in [1.29, 1.82) is 0 Å². The topological polar surface area (TPSA) is 77.2 Å². The summed E-state index contributed by atoms with van der Waals surface area (Å²) in [5.41, 5.74) is 4.16. The van der Waals surface area contributed by atoms with Crippen molar-refractivity contribution in [3.05, 3.63) is 90.3 Å². The number of amides is 1. The van der Waals surface area contributed by atoms with E-state index in [1.54, 1.807) is 7.11 Å². The number of nitrogens with zero attached hydrogens (tertiary/aromatic N) is 2. The number of carbonyl (C=O) groups is 1. The number of aryl methyl sites for hydroxylation is 1. The molecule has 156 valence electrons. The lowest BCUT2D eigenvalue weighted by atomic mass is 10.0. The van der Waals surface area contributed by atoms with Crippen LogP contribution in [0.15, 0.2) is 83.4 Å². The molecule has 1 aromatic heterocycles. The fraction of sp³-hybridized carbons (Fsp3) is 0.160. The highest BCUT2D eigenvalue weighted by Crippen LogP contribution is 2.23. The molecular weight excluding hydrogens is 390 g/mol. The third-order valence-electron chi connectivity index (χ3n) is 4.93. The van der Waals surface area contributed by atoms with Crippen LogP contribution in [0.1, 0.15) is 17.9 Å². The number of hydrogen-bond donors (Lipinski definition) is 1. The van der Waals surface area contributed by atoms with Gasteiger partial charge in [-0.15, -0.1) is 0 Å². The van der Waals surface area contributed by atoms with Gasteiger partial charge in [-0.25, -0.2) is 0 Å². The first-order valence-corrected chi connectivity index (χ1v) is 10.1. The summed E-state index contributed by atoms with van der Waals surface area (Å²) in [4.78, 5) is 16.6. The first kappa shape index (κ1) is 20.3. The SMILES string of the molecule is COc1ccc(CNC(=O)CCc2nc(-c3ccc(-c4ccccc4)cc3)no2)cc1. The first-order chi connectivity index (χ1) is 15.2. The van der Waals surface area contributed by atoms with Crippen LogP contribution in [0.2, 0.25) is 0 Å². The van der Waals surface area contributed by atoms with Crippen LogP contribution in [-0.4, -0.2) is 23.2 Å². The first-order valence-electron chi connectivity index (χ1n) is 10.1. The largest absolute Gasteiger partial charge is 0.497 e. The number of hydrogen-bond acceptors (Lipinski definition) is 5. The quantitative estimate of drug-likeness (QED) is 0.455. The minimum absolute atomic E-state index is 0.0669. The Morgan fingerprint density at radius 3 is 2.29 bits per heavy atom. The second-order valence-corrected chi connectivity index (χ2v) is 7.08. The molecule has 0 aliphatic rings. The Morgan fingerprint density at radius 2 is 1.58 bits per heavy atom. The highest BCUT2D eigenvalue weighted by molar-refractivity contribution is 5.76. The number of aromatic nitrogens is 2. The molecule has 1 N–H and O–H groups in total. The third kappa shape index (κ3) is 5.36. The maximum Gasteiger partial charge on any atom is 0.227 e. The Bertz CT molecular complexity index is 1120. The lowest BCUT2D eigenvalue weighted by Crippen LogP contribution is -2.23. The van der Waals surface area contributed by atoms with Crippen molar-refractivity contribution in [2.45, 2.75) is 19.4 Å². The van der Waals surface area contributed by atoms with Gasteiger partial charge in [-0.05, 0) is 28.8 Å². The zero-order valence-corrected chi connectivity index (χ0v) is 17.2. The van der Waals surface area contributed by atoms with E-state index < -0.39 is 0 Å². The number of benzene rings is 3. The molecule has 0 aliphatic heterocycles. The summed E-state index contributed by atoms with van der Waals surface area (Å²) in [5, 5.41) is 6.94. The maximum absolute atomic E-state index is 12.1. The van der Waals surface area contributed by atoms with Crippen LogP contribution < -0.4 is 10.1 Å². The fourth-order valence-electron chi connectivity index (χ4n) is 3.17. The zero-order valence-electron chi connectivity index (χ0n) is 17.2. The van der Waals surface area contributed by atoms with Crippen LogP contribution in [-0.2, 0) is 17.8 Å². The van der Waals surface area contributed by atoms with Gasteiger partial charge < -0.3 is 14.6 Å². The minimum Gasteiger partial charge on any atom is -0.497 e. The van der Waals surface area contributed by atoms with Gasteiger partial charge in [-0.3, -0.25) is 4.79 Å². The van der Waals surface area contributed by atoms with E-state index in [0.717, 1.165) is 28.0 Å². The summed E-state index contributed by atoms with van der Waals surface area (Å²) in [6.45, 7) is 0.464. The Morgan fingerprint density at radius 1 is 0.903 bits per heavy atom. The summed E-state index contributed by atoms with van der Waals surface area (Å²) in [5.74, 6) is 1.69. The molecule has 0 radical (unpaired) electrons. The molecule has 31 heavy (non-hydrogen) atoms. The number of nitrogens with one attached hydrogen (secondary N) is 1. The van der Waals surface area contributed by atoms with E-state index in [-0.39, 0.29) is 12.3 Å². The monoisotopic (exact) mass is 413 g/mol. The average molecular weight is 413 g/mol. The van der Waals surface area contributed by atoms with Crippen LogP contribution >= 0.6 is 0 Å². The normalized spacial score (nSPS) is 10.6. The van der Waals surface area contributed by atoms with Gasteiger partial charge in [0.2, 0.25) is 17.6 Å². The van der Waals surface area contributed by atoms with Crippen molar-refractivity contribution in [2.24, 2.45) is 0 Å². The second-order valence-electron chi connectivity index (χ2n) is 7.08. The summed E-state index contributed by atoms with van der Waals surface area (Å²) in [6.07, 6.45) is 0.675. The molecule has 0 saturated carbocycles. The molecule has 0 spiro atoms. The van der Waals surface area contributed by atoms with E-state index in [1.807, 2.05) is 66.7 Å². The molecule has 0 unspecified atom stereocenters. The van der Waals surface area contributed by atoms with Gasteiger partial charge >= 0.3 is 0 Å². The van der Waals surface area contributed by atoms with Crippen molar-refractivity contribution in [3.8, 4) is 28.3 Å². The van der Waals surface area contributed by atoms with E-state index >= 15 is 0 Å². The van der Waals surface area contributed by atoms with E-state index in [0.29, 0.717) is 24.7 Å². The number of rotatable bonds is 8. The van der Waals surface area contributed by atoms with Crippen LogP contribution in [0, 0.1) is 0 Å². The van der Waals surface area contributed by atoms with Crippen LogP contribution in [0.3, 0.4) is 0 Å². The molecule has 6 nitrogen and oxygen atoms in total. The molecular formula is C25H23N3O3. The van der Waals surface area contributed by atoms with E-state index in [4.69, 9.17) is 9.26 Å². The van der Waals surface area contributed by atoms with Gasteiger partial charge in [0.1, 0.15) is 5.75 Å². The predicted octanol–water partition coefficient (Wildman–Crippen LogP) is 4.66. The van der Waals surface area contributed by atoms with Gasteiger partial charge in [0.15, 0.2) is 0 Å². The van der Waals surface area contributed by atoms with Gasteiger partial charge in [0.25, 0.3) is 0 Å². The Balaban J connectivity index is 1.29. The highest BCUT2D eigenvalue weighted by atomic mass is 16.5. The molecule has 4 rings (SSSR count). The van der Waals surface area contributed by atoms with Gasteiger partial charge in [0.05, 0.1) is 7.11 Å². The molecule has 6 heteroatoms. The van der Waals surface area contributed by atoms with Gasteiger partial charge in [-0.1, -0.05) is 71.9 Å². The molecule has 0 aliphatic carbocycles. The van der Waals surface area contributed by atoms with Crippen LogP contribution in [0.25, 0.3) is 22.5 Å². The molecule has 0 atom stereocenters. The lowest BCUT2D eigenvalue weighted by Gasteiger charge is -2.05. The molecule has 4 aromatic rings. The Kier molecular flexibility index (Phi) is 6.38. The van der Waals surface area contributed by atoms with Crippen molar-refractivity contribution in [2.75, 3.05) is 7.11 Å². The zero-order chi connectivity index (χ0) is 21.5. The standard InChI is InChI=1S/C25H23N3O3/c1-30-22-13-7-18(8-14-22)17-26-23(29)15-16-24-27-25(28-31-24)21-11-9-20(10-12-21)19-5-3-2-4-6-19/h2-14H,15-17H2,1H3,(H,26,29). The Hall–Kier alpha value is -3.93. The van der Waals surface area contributed by atoms with Gasteiger partial charge in [-0.2, -0.15) is 4.98 Å². The smallest absolute Gasteiger partial charge is 0.227 e. The lowest BCUT2D eigenvalue weighted by molar-refractivity contribution is -0.121. The molecule has 1 amide bonds. The van der Waals surface area contributed by atoms with Crippen molar-refractivity contribution < 1.29 is 14.1 Å². The predicted molar refractivity (Wildman–Crippen MR) is 118 cm³/mol. The molecule has 0 bridgehead atoms. The molecule has 1 heterocycles. The van der Waals surface area contributed by atoms with Crippen LogP contribution in [0.4, 0.5) is 0 Å². The van der Waals surface area contributed by atoms with E-state index in [1.165, 1.54) is 0 Å². The van der Waals surface area contributed by atoms with E-state index in [9.17, 15) is 4.79 Å². The molecule has 3 aromatic carbocycles. The number of carbonyl (C=O) groups excluding carboxylic acids is 1. The summed E-state index contributed by atoms with van der Waals surface area (Å²) in [7, 11) is 1.62. The maximum atomic E-state index is 12.1. The molecule has 0 saturated heterocycles. The number of methoxy groups -OCH3 is 1. The average Bonchev–Trinajstić information content (AvgIpc) is 3.31. The van der Waals surface area contributed by atoms with Crippen molar-refractivity contribution in [3.63, 3.8) is 0 Å². The van der Waals surface area contributed by atoms with Crippen LogP contribution in [0.5, 0.6) is 5.75 Å². The Labute approximate surface area is 180 Å². The fourth-order valence-corrected chi connectivity index (χ4v) is 3.17. The number of ether oxygens (including phenoxy) is 1. The molecule has 0 fully saturated rings. The van der Waals surface area contributed by atoms with Gasteiger partial charge in [0, 0.05) is 24.9 Å². The second kappa shape index (κ2) is 9.71. The summed E-state index contributed by atoms with van der Waals surface area (Å²) < 4.78 is 10.4.